The summed E-state index contributed by atoms with van der Waals surface area (Å²) < 4.78 is 46.3. The molecule has 0 saturated carbocycles. The van der Waals surface area contributed by atoms with Crippen molar-refractivity contribution in [2.45, 2.75) is 26.1 Å². The van der Waals surface area contributed by atoms with E-state index in [-0.39, 0.29) is 11.8 Å². The van der Waals surface area contributed by atoms with Crippen LogP contribution in [-0.2, 0) is 4.74 Å². The third-order valence-corrected chi connectivity index (χ3v) is 3.85. The van der Waals surface area contributed by atoms with E-state index >= 15 is 0 Å². The van der Waals surface area contributed by atoms with Crippen molar-refractivity contribution < 1.29 is 27.4 Å². The summed E-state index contributed by atoms with van der Waals surface area (Å²) in [5.74, 6) is -0.425. The molecule has 1 saturated heterocycles. The predicted molar refractivity (Wildman–Crippen MR) is 87.6 cm³/mol. The minimum absolute atomic E-state index is 0.0841. The summed E-state index contributed by atoms with van der Waals surface area (Å²) >= 11 is 0. The molecule has 0 spiro atoms. The van der Waals surface area contributed by atoms with E-state index in [2.05, 4.69) is 4.74 Å². The van der Waals surface area contributed by atoms with Crippen molar-refractivity contribution in [3.8, 4) is 5.75 Å². The molecule has 0 unspecified atom stereocenters. The number of anilines is 2. The lowest BCUT2D eigenvalue weighted by molar-refractivity contribution is -0.274. The van der Waals surface area contributed by atoms with Crippen LogP contribution in [0.15, 0.2) is 18.2 Å². The van der Waals surface area contributed by atoms with E-state index in [1.54, 1.807) is 11.0 Å². The maximum absolute atomic E-state index is 12.4. The lowest BCUT2D eigenvalue weighted by Gasteiger charge is -2.35. The molecule has 9 heteroatoms. The second-order valence-electron chi connectivity index (χ2n) is 5.71. The van der Waals surface area contributed by atoms with E-state index < -0.39 is 12.1 Å². The maximum atomic E-state index is 12.4. The molecule has 140 valence electrons. The second-order valence-corrected chi connectivity index (χ2v) is 5.71. The number of rotatable bonds is 5. The smallest absolute Gasteiger partial charge is 0.449 e. The number of halogens is 3. The Balaban J connectivity index is 1.94. The normalized spacial score (nSPS) is 15.2. The van der Waals surface area contributed by atoms with Gasteiger partial charge in [-0.2, -0.15) is 0 Å². The Bertz CT molecular complexity index is 588. The molecule has 1 amide bonds. The van der Waals surface area contributed by atoms with Crippen molar-refractivity contribution in [2.24, 2.45) is 0 Å². The highest BCUT2D eigenvalue weighted by atomic mass is 19.4. The quantitative estimate of drug-likeness (QED) is 0.644. The van der Waals surface area contributed by atoms with Gasteiger partial charge in [0.15, 0.2) is 5.75 Å². The summed E-state index contributed by atoms with van der Waals surface area (Å²) in [6.07, 6.45) is -3.39. The van der Waals surface area contributed by atoms with Gasteiger partial charge in [-0.1, -0.05) is 13.3 Å². The Morgan fingerprint density at radius 3 is 2.52 bits per heavy atom. The number of nitrogen functional groups attached to an aromatic ring is 1. The third-order valence-electron chi connectivity index (χ3n) is 3.85. The fraction of sp³-hybridized carbons (Fsp3) is 0.562. The van der Waals surface area contributed by atoms with E-state index in [1.165, 1.54) is 12.1 Å². The molecular formula is C16H22F3N3O3. The van der Waals surface area contributed by atoms with Crippen LogP contribution >= 0.6 is 0 Å². The first-order chi connectivity index (χ1) is 11.8. The molecule has 1 heterocycles. The number of unbranched alkanes of at least 4 members (excludes halogenated alkanes) is 1. The highest BCUT2D eigenvalue weighted by Crippen LogP contribution is 2.32. The molecule has 25 heavy (non-hydrogen) atoms. The van der Waals surface area contributed by atoms with Gasteiger partial charge in [-0.05, 0) is 18.6 Å². The molecule has 0 radical (unpaired) electrons. The zero-order valence-corrected chi connectivity index (χ0v) is 14.0. The van der Waals surface area contributed by atoms with Gasteiger partial charge in [0.25, 0.3) is 0 Å². The van der Waals surface area contributed by atoms with Gasteiger partial charge in [0.1, 0.15) is 0 Å². The highest BCUT2D eigenvalue weighted by Gasteiger charge is 2.32. The Kier molecular flexibility index (Phi) is 6.22. The van der Waals surface area contributed by atoms with Gasteiger partial charge < -0.3 is 25.0 Å². The summed E-state index contributed by atoms with van der Waals surface area (Å²) in [5.41, 5.74) is 6.01. The van der Waals surface area contributed by atoms with Crippen LogP contribution in [0.1, 0.15) is 19.8 Å². The minimum atomic E-state index is -4.80. The molecule has 0 aliphatic carbocycles. The maximum Gasteiger partial charge on any atom is 0.573 e. The van der Waals surface area contributed by atoms with Crippen molar-refractivity contribution in [2.75, 3.05) is 43.4 Å². The molecule has 1 aliphatic rings. The SMILES string of the molecule is CCCCOC(=O)N1CCN(c2ccc(N)c(OC(F)(F)F)c2)CC1. The summed E-state index contributed by atoms with van der Waals surface area (Å²) in [6.45, 7) is 4.24. The minimum Gasteiger partial charge on any atom is -0.449 e. The number of alkyl halides is 3. The van der Waals surface area contributed by atoms with E-state index in [1.807, 2.05) is 11.8 Å². The van der Waals surface area contributed by atoms with Crippen molar-refractivity contribution in [1.29, 1.82) is 0 Å². The van der Waals surface area contributed by atoms with E-state index in [0.717, 1.165) is 12.8 Å². The number of carbonyl (C=O) groups is 1. The van der Waals surface area contributed by atoms with Gasteiger partial charge in [-0.25, -0.2) is 4.79 Å². The average molecular weight is 361 g/mol. The van der Waals surface area contributed by atoms with Crippen molar-refractivity contribution in [3.63, 3.8) is 0 Å². The number of amides is 1. The molecule has 1 aromatic carbocycles. The van der Waals surface area contributed by atoms with Gasteiger partial charge >= 0.3 is 12.5 Å². The van der Waals surface area contributed by atoms with Crippen molar-refractivity contribution in [3.05, 3.63) is 18.2 Å². The summed E-state index contributed by atoms with van der Waals surface area (Å²) in [4.78, 5) is 15.4. The van der Waals surface area contributed by atoms with Crippen LogP contribution < -0.4 is 15.4 Å². The number of nitrogens with two attached hydrogens (primary N) is 1. The lowest BCUT2D eigenvalue weighted by atomic mass is 10.2. The molecule has 0 bridgehead atoms. The van der Waals surface area contributed by atoms with Crippen LogP contribution in [0, 0.1) is 0 Å². The molecule has 6 nitrogen and oxygen atoms in total. The van der Waals surface area contributed by atoms with E-state index in [9.17, 15) is 18.0 Å². The molecule has 0 aromatic heterocycles. The fourth-order valence-corrected chi connectivity index (χ4v) is 2.48. The standard InChI is InChI=1S/C16H22F3N3O3/c1-2-3-10-24-15(23)22-8-6-21(7-9-22)12-4-5-13(20)14(11-12)25-16(17,18)19/h4-5,11H,2-3,6-10,20H2,1H3. The first kappa shape index (κ1) is 19.0. The zero-order valence-electron chi connectivity index (χ0n) is 14.0. The van der Waals surface area contributed by atoms with Crippen molar-refractivity contribution in [1.82, 2.24) is 4.90 Å². The highest BCUT2D eigenvalue weighted by molar-refractivity contribution is 5.68. The first-order valence-electron chi connectivity index (χ1n) is 8.12. The second kappa shape index (κ2) is 8.17. The largest absolute Gasteiger partial charge is 0.573 e. The number of benzene rings is 1. The summed E-state index contributed by atoms with van der Waals surface area (Å²) in [7, 11) is 0. The van der Waals surface area contributed by atoms with Crippen LogP contribution in [0.4, 0.5) is 29.3 Å². The van der Waals surface area contributed by atoms with Gasteiger partial charge in [0.05, 0.1) is 12.3 Å². The van der Waals surface area contributed by atoms with Gasteiger partial charge in [-0.3, -0.25) is 0 Å². The number of nitrogens with zero attached hydrogens (tertiary/aromatic N) is 2. The van der Waals surface area contributed by atoms with Crippen LogP contribution in [0.3, 0.4) is 0 Å². The molecule has 2 rings (SSSR count). The molecular weight excluding hydrogens is 339 g/mol. The Hall–Kier alpha value is -2.32. The Morgan fingerprint density at radius 2 is 1.92 bits per heavy atom. The van der Waals surface area contributed by atoms with Crippen LogP contribution in [0.5, 0.6) is 5.75 Å². The average Bonchev–Trinajstić information content (AvgIpc) is 2.56. The third kappa shape index (κ3) is 5.61. The number of carbonyl (C=O) groups excluding carboxylic acids is 1. The zero-order chi connectivity index (χ0) is 18.4. The molecule has 1 fully saturated rings. The molecule has 1 aromatic rings. The van der Waals surface area contributed by atoms with E-state index in [4.69, 9.17) is 10.5 Å². The summed E-state index contributed by atoms with van der Waals surface area (Å²) in [6, 6.07) is 4.27. The number of hydrogen-bond acceptors (Lipinski definition) is 5. The number of ether oxygens (including phenoxy) is 2. The Labute approximate surface area is 144 Å². The fourth-order valence-electron chi connectivity index (χ4n) is 2.48. The lowest BCUT2D eigenvalue weighted by Crippen LogP contribution is -2.49. The predicted octanol–water partition coefficient (Wildman–Crippen LogP) is 3.23. The monoisotopic (exact) mass is 361 g/mol. The van der Waals surface area contributed by atoms with Crippen LogP contribution in [0.2, 0.25) is 0 Å². The number of hydrogen-bond donors (Lipinski definition) is 1. The number of piperazine rings is 1. The van der Waals surface area contributed by atoms with Crippen LogP contribution in [0.25, 0.3) is 0 Å². The first-order valence-corrected chi connectivity index (χ1v) is 8.12. The van der Waals surface area contributed by atoms with Gasteiger partial charge in [-0.15, -0.1) is 13.2 Å². The topological polar surface area (TPSA) is 68.0 Å². The van der Waals surface area contributed by atoms with Crippen molar-refractivity contribution >= 4 is 17.5 Å². The van der Waals surface area contributed by atoms with Gasteiger partial charge in [0.2, 0.25) is 0 Å². The van der Waals surface area contributed by atoms with Gasteiger partial charge in [0, 0.05) is 37.9 Å². The van der Waals surface area contributed by atoms with Crippen LogP contribution in [-0.4, -0.2) is 50.1 Å². The Morgan fingerprint density at radius 1 is 1.24 bits per heavy atom. The van der Waals surface area contributed by atoms with E-state index in [0.29, 0.717) is 38.5 Å². The molecule has 0 atom stereocenters. The molecule has 2 N–H and O–H groups in total. The molecule has 1 aliphatic heterocycles. The summed E-state index contributed by atoms with van der Waals surface area (Å²) in [5, 5.41) is 0.